The maximum absolute atomic E-state index is 12.6. The quantitative estimate of drug-likeness (QED) is 0.741. The number of piperidine rings is 1. The van der Waals surface area contributed by atoms with Crippen molar-refractivity contribution in [2.24, 2.45) is 11.7 Å². The number of rotatable bonds is 5. The van der Waals surface area contributed by atoms with Gasteiger partial charge in [0.05, 0.1) is 0 Å². The van der Waals surface area contributed by atoms with Crippen LogP contribution in [-0.2, 0) is 9.59 Å². The van der Waals surface area contributed by atoms with E-state index in [0.29, 0.717) is 32.5 Å². The summed E-state index contributed by atoms with van der Waals surface area (Å²) < 4.78 is 0. The highest BCUT2D eigenvalue weighted by Crippen LogP contribution is 2.27. The SMILES string of the molecule is CCNC(=O)NC(=O)C(c1ccccc1)N1CCC(C(N)=O)CC1. The van der Waals surface area contributed by atoms with E-state index >= 15 is 0 Å². The van der Waals surface area contributed by atoms with Crippen molar-refractivity contribution in [3.63, 3.8) is 0 Å². The molecule has 24 heavy (non-hydrogen) atoms. The van der Waals surface area contributed by atoms with Gasteiger partial charge in [-0.2, -0.15) is 0 Å². The van der Waals surface area contributed by atoms with E-state index in [1.807, 2.05) is 35.2 Å². The first kappa shape index (κ1) is 17.9. The van der Waals surface area contributed by atoms with Gasteiger partial charge in [-0.25, -0.2) is 4.79 Å². The van der Waals surface area contributed by atoms with Crippen LogP contribution in [0.15, 0.2) is 30.3 Å². The molecule has 2 rings (SSSR count). The number of hydrogen-bond donors (Lipinski definition) is 3. The number of carbonyl (C=O) groups is 3. The molecule has 0 aliphatic carbocycles. The van der Waals surface area contributed by atoms with E-state index in [4.69, 9.17) is 5.73 Å². The molecule has 0 aromatic heterocycles. The third-order valence-corrected chi connectivity index (χ3v) is 4.23. The van der Waals surface area contributed by atoms with E-state index < -0.39 is 12.1 Å². The molecule has 130 valence electrons. The minimum atomic E-state index is -0.567. The average molecular weight is 332 g/mol. The van der Waals surface area contributed by atoms with Gasteiger partial charge in [-0.15, -0.1) is 0 Å². The van der Waals surface area contributed by atoms with E-state index in [2.05, 4.69) is 10.6 Å². The number of imide groups is 1. The van der Waals surface area contributed by atoms with Crippen LogP contribution in [0.4, 0.5) is 4.79 Å². The Hall–Kier alpha value is -2.41. The van der Waals surface area contributed by atoms with Crippen molar-refractivity contribution < 1.29 is 14.4 Å². The van der Waals surface area contributed by atoms with Gasteiger partial charge in [0.25, 0.3) is 0 Å². The van der Waals surface area contributed by atoms with Crippen LogP contribution >= 0.6 is 0 Å². The van der Waals surface area contributed by atoms with Crippen LogP contribution in [-0.4, -0.2) is 42.4 Å². The highest BCUT2D eigenvalue weighted by atomic mass is 16.2. The van der Waals surface area contributed by atoms with Crippen molar-refractivity contribution in [1.82, 2.24) is 15.5 Å². The lowest BCUT2D eigenvalue weighted by molar-refractivity contribution is -0.127. The summed E-state index contributed by atoms with van der Waals surface area (Å²) in [6, 6.07) is 8.25. The Bertz CT molecular complexity index is 583. The molecule has 1 aliphatic rings. The van der Waals surface area contributed by atoms with Gasteiger partial charge in [-0.05, 0) is 38.4 Å². The van der Waals surface area contributed by atoms with Gasteiger partial charge in [0, 0.05) is 12.5 Å². The first-order valence-electron chi connectivity index (χ1n) is 8.20. The van der Waals surface area contributed by atoms with Crippen LogP contribution in [0.3, 0.4) is 0 Å². The van der Waals surface area contributed by atoms with Crippen LogP contribution in [0, 0.1) is 5.92 Å². The van der Waals surface area contributed by atoms with E-state index in [-0.39, 0.29) is 17.7 Å². The molecule has 1 aliphatic heterocycles. The summed E-state index contributed by atoms with van der Waals surface area (Å²) in [5.41, 5.74) is 6.19. The van der Waals surface area contributed by atoms with Crippen molar-refractivity contribution in [3.05, 3.63) is 35.9 Å². The van der Waals surface area contributed by atoms with Crippen LogP contribution in [0.25, 0.3) is 0 Å². The summed E-state index contributed by atoms with van der Waals surface area (Å²) in [7, 11) is 0. The third kappa shape index (κ3) is 4.55. The first-order chi connectivity index (χ1) is 11.5. The van der Waals surface area contributed by atoms with Crippen LogP contribution in [0.1, 0.15) is 31.4 Å². The molecule has 1 fully saturated rings. The summed E-state index contributed by atoms with van der Waals surface area (Å²) in [6.07, 6.45) is 1.24. The number of nitrogens with two attached hydrogens (primary N) is 1. The fourth-order valence-corrected chi connectivity index (χ4v) is 2.99. The Labute approximate surface area is 141 Å². The lowest BCUT2D eigenvalue weighted by Gasteiger charge is -2.36. The minimum Gasteiger partial charge on any atom is -0.369 e. The van der Waals surface area contributed by atoms with E-state index in [9.17, 15) is 14.4 Å². The molecule has 0 radical (unpaired) electrons. The predicted molar refractivity (Wildman–Crippen MR) is 89.9 cm³/mol. The highest BCUT2D eigenvalue weighted by Gasteiger charge is 2.33. The largest absolute Gasteiger partial charge is 0.369 e. The second kappa shape index (κ2) is 8.44. The lowest BCUT2D eigenvalue weighted by Crippen LogP contribution is -2.49. The molecule has 1 aromatic carbocycles. The van der Waals surface area contributed by atoms with Crippen molar-refractivity contribution in [3.8, 4) is 0 Å². The Morgan fingerprint density at radius 1 is 1.21 bits per heavy atom. The van der Waals surface area contributed by atoms with Crippen molar-refractivity contribution in [2.75, 3.05) is 19.6 Å². The average Bonchev–Trinajstić information content (AvgIpc) is 2.56. The molecular weight excluding hydrogens is 308 g/mol. The van der Waals surface area contributed by atoms with Gasteiger partial charge in [0.15, 0.2) is 0 Å². The Kier molecular flexibility index (Phi) is 6.31. The predicted octanol–water partition coefficient (Wildman–Crippen LogP) is 0.771. The number of amides is 4. The monoisotopic (exact) mass is 332 g/mol. The van der Waals surface area contributed by atoms with Crippen molar-refractivity contribution >= 4 is 17.8 Å². The number of nitrogens with zero attached hydrogens (tertiary/aromatic N) is 1. The normalized spacial score (nSPS) is 17.0. The Morgan fingerprint density at radius 3 is 2.38 bits per heavy atom. The highest BCUT2D eigenvalue weighted by molar-refractivity contribution is 5.97. The van der Waals surface area contributed by atoms with Gasteiger partial charge in [0.2, 0.25) is 11.8 Å². The summed E-state index contributed by atoms with van der Waals surface area (Å²) >= 11 is 0. The molecular formula is C17H24N4O3. The Morgan fingerprint density at radius 2 is 1.83 bits per heavy atom. The smallest absolute Gasteiger partial charge is 0.321 e. The maximum atomic E-state index is 12.6. The molecule has 0 saturated carbocycles. The number of carbonyl (C=O) groups excluding carboxylic acids is 3. The van der Waals surface area contributed by atoms with E-state index in [1.54, 1.807) is 6.92 Å². The summed E-state index contributed by atoms with van der Waals surface area (Å²) in [4.78, 5) is 37.6. The number of nitrogens with one attached hydrogen (secondary N) is 2. The second-order valence-electron chi connectivity index (χ2n) is 5.87. The first-order valence-corrected chi connectivity index (χ1v) is 8.20. The molecule has 1 atom stereocenters. The Balaban J connectivity index is 2.14. The molecule has 4 N–H and O–H groups in total. The third-order valence-electron chi connectivity index (χ3n) is 4.23. The van der Waals surface area contributed by atoms with E-state index in [0.717, 1.165) is 5.56 Å². The maximum Gasteiger partial charge on any atom is 0.321 e. The summed E-state index contributed by atoms with van der Waals surface area (Å²) in [5.74, 6) is -0.813. The molecule has 7 heteroatoms. The molecule has 7 nitrogen and oxygen atoms in total. The van der Waals surface area contributed by atoms with Crippen molar-refractivity contribution in [2.45, 2.75) is 25.8 Å². The topological polar surface area (TPSA) is 105 Å². The lowest BCUT2D eigenvalue weighted by atomic mass is 9.93. The van der Waals surface area contributed by atoms with Gasteiger partial charge < -0.3 is 11.1 Å². The van der Waals surface area contributed by atoms with Crippen molar-refractivity contribution in [1.29, 1.82) is 0 Å². The summed E-state index contributed by atoms with van der Waals surface area (Å²) in [6.45, 7) is 3.39. The van der Waals surface area contributed by atoms with Gasteiger partial charge in [-0.3, -0.25) is 19.8 Å². The van der Waals surface area contributed by atoms with Crippen LogP contribution in [0.2, 0.25) is 0 Å². The molecule has 1 saturated heterocycles. The standard InChI is InChI=1S/C17H24N4O3/c1-2-19-17(24)20-16(23)14(12-6-4-3-5-7-12)21-10-8-13(9-11-21)15(18)22/h3-7,13-14H,2,8-11H2,1H3,(H2,18,22)(H2,19,20,23,24). The number of likely N-dealkylation sites (tertiary alicyclic amines) is 1. The number of urea groups is 1. The fraction of sp³-hybridized carbons (Fsp3) is 0.471. The van der Waals surface area contributed by atoms with Crippen LogP contribution < -0.4 is 16.4 Å². The molecule has 1 unspecified atom stereocenters. The second-order valence-corrected chi connectivity index (χ2v) is 5.87. The van der Waals surface area contributed by atoms with Gasteiger partial charge in [0.1, 0.15) is 6.04 Å². The molecule has 1 heterocycles. The molecule has 0 spiro atoms. The van der Waals surface area contributed by atoms with E-state index in [1.165, 1.54) is 0 Å². The zero-order valence-electron chi connectivity index (χ0n) is 13.8. The minimum absolute atomic E-state index is 0.149. The molecule has 1 aromatic rings. The number of hydrogen-bond acceptors (Lipinski definition) is 4. The van der Waals surface area contributed by atoms with Gasteiger partial charge in [-0.1, -0.05) is 30.3 Å². The van der Waals surface area contributed by atoms with Gasteiger partial charge >= 0.3 is 6.03 Å². The summed E-state index contributed by atoms with van der Waals surface area (Å²) in [5, 5.41) is 4.95. The number of benzene rings is 1. The van der Waals surface area contributed by atoms with Crippen LogP contribution in [0.5, 0.6) is 0 Å². The zero-order chi connectivity index (χ0) is 17.5. The molecule has 4 amide bonds. The fourth-order valence-electron chi connectivity index (χ4n) is 2.99. The number of primary amides is 1. The molecule has 0 bridgehead atoms. The zero-order valence-corrected chi connectivity index (χ0v) is 13.8.